The molecule has 3 rings (SSSR count). The maximum Gasteiger partial charge on any atom is 0.347 e. The van der Waals surface area contributed by atoms with E-state index in [1.807, 2.05) is 6.92 Å². The molecule has 10 heteroatoms. The fourth-order valence-electron chi connectivity index (χ4n) is 3.42. The van der Waals surface area contributed by atoms with E-state index < -0.39 is 24.0 Å². The molecule has 2 atom stereocenters. The molecule has 8 nitrogen and oxygen atoms in total. The number of halogens is 2. The van der Waals surface area contributed by atoms with Crippen molar-refractivity contribution in [3.05, 3.63) is 63.1 Å². The number of allylic oxidation sites excluding steroid dienone is 3. The van der Waals surface area contributed by atoms with E-state index in [1.165, 1.54) is 13.3 Å². The van der Waals surface area contributed by atoms with E-state index in [9.17, 15) is 9.59 Å². The van der Waals surface area contributed by atoms with Gasteiger partial charge in [0.15, 0.2) is 6.10 Å². The maximum atomic E-state index is 13.2. The Bertz CT molecular complexity index is 1060. The summed E-state index contributed by atoms with van der Waals surface area (Å²) in [5.74, 6) is -1.87. The van der Waals surface area contributed by atoms with Crippen LogP contribution in [0.4, 0.5) is 0 Å². The van der Waals surface area contributed by atoms with Gasteiger partial charge in [0.1, 0.15) is 0 Å². The molecule has 1 aromatic carbocycles. The van der Waals surface area contributed by atoms with Crippen LogP contribution in [-0.2, 0) is 19.1 Å². The van der Waals surface area contributed by atoms with E-state index in [4.69, 9.17) is 37.1 Å². The molecule has 0 fully saturated rings. The van der Waals surface area contributed by atoms with Crippen molar-refractivity contribution in [2.75, 3.05) is 6.61 Å². The van der Waals surface area contributed by atoms with Crippen LogP contribution in [0.1, 0.15) is 45.1 Å². The highest BCUT2D eigenvalue weighted by atomic mass is 35.5. The Balaban J connectivity index is 2.12. The second kappa shape index (κ2) is 9.53. The minimum absolute atomic E-state index is 0.175. The Kier molecular flexibility index (Phi) is 7.02. The molecule has 1 aromatic heterocycles. The molecule has 2 heterocycles. The van der Waals surface area contributed by atoms with E-state index in [-0.39, 0.29) is 23.1 Å². The molecule has 0 radical (unpaired) electrons. The van der Waals surface area contributed by atoms with E-state index in [0.29, 0.717) is 27.6 Å². The zero-order chi connectivity index (χ0) is 22.7. The topological polar surface area (TPSA) is 104 Å². The van der Waals surface area contributed by atoms with Gasteiger partial charge in [0.25, 0.3) is 0 Å². The summed E-state index contributed by atoms with van der Waals surface area (Å²) in [5.41, 5.74) is 2.56. The van der Waals surface area contributed by atoms with Crippen molar-refractivity contribution in [2.45, 2.75) is 39.7 Å². The average molecular weight is 466 g/mol. The second-order valence-electron chi connectivity index (χ2n) is 6.82. The summed E-state index contributed by atoms with van der Waals surface area (Å²) in [4.78, 5) is 25.2. The predicted octanol–water partition coefficient (Wildman–Crippen LogP) is 4.26. The van der Waals surface area contributed by atoms with Gasteiger partial charge in [0.05, 0.1) is 28.1 Å². The summed E-state index contributed by atoms with van der Waals surface area (Å²) in [6.45, 7) is 6.84. The van der Waals surface area contributed by atoms with Crippen molar-refractivity contribution in [3.63, 3.8) is 0 Å². The summed E-state index contributed by atoms with van der Waals surface area (Å²) in [6.07, 6.45) is 0.0974. The number of dihydropyridines is 1. The lowest BCUT2D eigenvalue weighted by molar-refractivity contribution is -0.164. The highest BCUT2D eigenvalue weighted by Crippen LogP contribution is 2.46. The smallest absolute Gasteiger partial charge is 0.347 e. The summed E-state index contributed by atoms with van der Waals surface area (Å²) >= 11 is 12.8. The van der Waals surface area contributed by atoms with Crippen LogP contribution in [0.15, 0.2) is 46.0 Å². The largest absolute Gasteiger partial charge is 0.463 e. The van der Waals surface area contributed by atoms with E-state index >= 15 is 0 Å². The lowest BCUT2D eigenvalue weighted by atomic mass is 9.80. The van der Waals surface area contributed by atoms with Crippen LogP contribution in [0, 0.1) is 0 Å². The molecule has 31 heavy (non-hydrogen) atoms. The van der Waals surface area contributed by atoms with Crippen LogP contribution < -0.4 is 5.32 Å². The first kappa shape index (κ1) is 22.8. The highest BCUT2D eigenvalue weighted by molar-refractivity contribution is 6.42. The number of aromatic nitrogens is 2. The Hall–Kier alpha value is -2.84. The van der Waals surface area contributed by atoms with Gasteiger partial charge >= 0.3 is 11.9 Å². The van der Waals surface area contributed by atoms with E-state index in [2.05, 4.69) is 15.5 Å². The van der Waals surface area contributed by atoms with Crippen molar-refractivity contribution in [3.8, 4) is 0 Å². The van der Waals surface area contributed by atoms with Gasteiger partial charge in [-0.3, -0.25) is 0 Å². The van der Waals surface area contributed by atoms with Crippen molar-refractivity contribution < 1.29 is 23.5 Å². The molecule has 164 valence electrons. The highest BCUT2D eigenvalue weighted by Gasteiger charge is 2.39. The summed E-state index contributed by atoms with van der Waals surface area (Å²) < 4.78 is 15.8. The third-order valence-electron chi connectivity index (χ3n) is 4.77. The van der Waals surface area contributed by atoms with Crippen LogP contribution in [-0.4, -0.2) is 34.8 Å². The number of hydrogen-bond acceptors (Lipinski definition) is 8. The second-order valence-corrected chi connectivity index (χ2v) is 7.61. The van der Waals surface area contributed by atoms with E-state index in [1.54, 1.807) is 32.0 Å². The first-order valence-corrected chi connectivity index (χ1v) is 10.3. The quantitative estimate of drug-likeness (QED) is 0.630. The third kappa shape index (κ3) is 4.60. The average Bonchev–Trinajstić information content (AvgIpc) is 3.23. The number of hydrogen-bond donors (Lipinski definition) is 1. The Morgan fingerprint density at radius 3 is 2.65 bits per heavy atom. The first-order chi connectivity index (χ1) is 14.8. The molecule has 0 bridgehead atoms. The number of carbonyl (C=O) groups excluding carboxylic acids is 2. The van der Waals surface area contributed by atoms with Gasteiger partial charge in [-0.05, 0) is 39.3 Å². The summed E-state index contributed by atoms with van der Waals surface area (Å²) in [6, 6.07) is 5.13. The predicted molar refractivity (Wildman–Crippen MR) is 114 cm³/mol. The van der Waals surface area contributed by atoms with Gasteiger partial charge in [-0.2, -0.15) is 0 Å². The zero-order valence-corrected chi connectivity index (χ0v) is 18.9. The monoisotopic (exact) mass is 465 g/mol. The number of nitrogens with zero attached hydrogens (tertiary/aromatic N) is 2. The fourth-order valence-corrected chi connectivity index (χ4v) is 3.84. The molecule has 1 aliphatic rings. The minimum atomic E-state index is -1.10. The normalized spacial score (nSPS) is 17.3. The molecule has 1 aliphatic heterocycles. The standard InChI is InChI=1S/C21H21Cl2N3O5/c1-5-29-20(27)12(4)31-21(28)16-11(3)25-10(2)15(19-26-24-9-30-19)17(16)13-7-6-8-14(22)18(13)23/h6-9,12,17,25H,5H2,1-4H3/t12-,17?/m1/s1. The SMILES string of the molecule is CCOC(=O)[C@@H](C)OC(=O)C1=C(C)NC(C)=C(c2nnco2)C1c1cccc(Cl)c1Cl. The number of benzene rings is 1. The van der Waals surface area contributed by atoms with Crippen molar-refractivity contribution in [1.29, 1.82) is 0 Å². The molecule has 0 spiro atoms. The number of ether oxygens (including phenoxy) is 2. The molecule has 2 aromatic rings. The summed E-state index contributed by atoms with van der Waals surface area (Å²) in [7, 11) is 0. The van der Waals surface area contributed by atoms with Gasteiger partial charge in [-0.25, -0.2) is 9.59 Å². The summed E-state index contributed by atoms with van der Waals surface area (Å²) in [5, 5.41) is 11.5. The van der Waals surface area contributed by atoms with Crippen molar-refractivity contribution in [2.24, 2.45) is 0 Å². The Morgan fingerprint density at radius 2 is 2.00 bits per heavy atom. The number of nitrogens with one attached hydrogen (secondary N) is 1. The van der Waals surface area contributed by atoms with E-state index in [0.717, 1.165) is 0 Å². The number of carbonyl (C=O) groups is 2. The first-order valence-electron chi connectivity index (χ1n) is 9.52. The van der Waals surface area contributed by atoms with Crippen LogP contribution in [0.5, 0.6) is 0 Å². The zero-order valence-electron chi connectivity index (χ0n) is 17.4. The van der Waals surface area contributed by atoms with Crippen LogP contribution >= 0.6 is 23.2 Å². The molecule has 0 amide bonds. The van der Waals surface area contributed by atoms with Crippen LogP contribution in [0.25, 0.3) is 5.57 Å². The number of rotatable bonds is 6. The Labute approximate surface area is 189 Å². The lowest BCUT2D eigenvalue weighted by Gasteiger charge is -2.31. The maximum absolute atomic E-state index is 13.2. The minimum Gasteiger partial charge on any atom is -0.463 e. The van der Waals surface area contributed by atoms with Gasteiger partial charge in [-0.15, -0.1) is 10.2 Å². The van der Waals surface area contributed by atoms with Gasteiger partial charge in [0, 0.05) is 17.0 Å². The van der Waals surface area contributed by atoms with Crippen molar-refractivity contribution >= 4 is 40.7 Å². The van der Waals surface area contributed by atoms with Crippen LogP contribution in [0.3, 0.4) is 0 Å². The van der Waals surface area contributed by atoms with Gasteiger partial charge in [0.2, 0.25) is 12.3 Å². The van der Waals surface area contributed by atoms with Gasteiger partial charge < -0.3 is 19.2 Å². The molecule has 0 saturated heterocycles. The Morgan fingerprint density at radius 1 is 1.26 bits per heavy atom. The molecule has 1 N–H and O–H groups in total. The fraction of sp³-hybridized carbons (Fsp3) is 0.333. The molecule has 1 unspecified atom stereocenters. The number of esters is 2. The lowest BCUT2D eigenvalue weighted by Crippen LogP contribution is -2.32. The third-order valence-corrected chi connectivity index (χ3v) is 5.60. The molecular weight excluding hydrogens is 445 g/mol. The molecular formula is C21H21Cl2N3O5. The van der Waals surface area contributed by atoms with Crippen LogP contribution in [0.2, 0.25) is 10.0 Å². The van der Waals surface area contributed by atoms with Crippen molar-refractivity contribution in [1.82, 2.24) is 15.5 Å². The molecule has 0 aliphatic carbocycles. The van der Waals surface area contributed by atoms with Gasteiger partial charge in [-0.1, -0.05) is 35.3 Å². The molecule has 0 saturated carbocycles.